The fourth-order valence-electron chi connectivity index (χ4n) is 1.27. The summed E-state index contributed by atoms with van der Waals surface area (Å²) < 4.78 is 0. The Morgan fingerprint density at radius 2 is 2.07 bits per heavy atom. The van der Waals surface area contributed by atoms with Gasteiger partial charge in [0.05, 0.1) is 0 Å². The van der Waals surface area contributed by atoms with E-state index in [1.165, 1.54) is 0 Å². The predicted octanol–water partition coefficient (Wildman–Crippen LogP) is 1.17. The molecule has 0 aliphatic rings. The zero-order valence-electron chi connectivity index (χ0n) is 10.3. The maximum absolute atomic E-state index is 10.8. The molecule has 4 nitrogen and oxygen atoms in total. The average Bonchev–Trinajstić information content (AvgIpc) is 2.15. The van der Waals surface area contributed by atoms with Crippen LogP contribution in [-0.4, -0.2) is 48.2 Å². The molecule has 0 spiro atoms. The number of likely N-dealkylation sites (N-methyl/N-ethyl adjacent to an activating group) is 1. The van der Waals surface area contributed by atoms with Crippen LogP contribution in [0.2, 0.25) is 0 Å². The van der Waals surface area contributed by atoms with Crippen LogP contribution in [0, 0.1) is 0 Å². The van der Waals surface area contributed by atoms with Crippen molar-refractivity contribution < 1.29 is 9.90 Å². The Balaban J connectivity index is 3.75. The number of hydrogen-bond acceptors (Lipinski definition) is 3. The van der Waals surface area contributed by atoms with Crippen LogP contribution in [0.5, 0.6) is 0 Å². The number of nitrogens with zero attached hydrogens (tertiary/aromatic N) is 1. The van der Waals surface area contributed by atoms with Crippen molar-refractivity contribution in [1.29, 1.82) is 0 Å². The van der Waals surface area contributed by atoms with Gasteiger partial charge in [-0.05, 0) is 27.3 Å². The Morgan fingerprint density at radius 3 is 2.47 bits per heavy atom. The number of carboxylic acids is 1. The van der Waals surface area contributed by atoms with E-state index in [1.54, 1.807) is 0 Å². The summed E-state index contributed by atoms with van der Waals surface area (Å²) in [6, 6.07) is 0.108. The molecule has 0 heterocycles. The Bertz CT molecular complexity index is 183. The summed E-state index contributed by atoms with van der Waals surface area (Å²) >= 11 is 0. The van der Waals surface area contributed by atoms with Gasteiger partial charge in [-0.15, -0.1) is 0 Å². The predicted molar refractivity (Wildman–Crippen MR) is 62.1 cm³/mol. The Kier molecular flexibility index (Phi) is 7.34. The van der Waals surface area contributed by atoms with Gasteiger partial charge in [-0.1, -0.05) is 13.3 Å². The van der Waals surface area contributed by atoms with E-state index < -0.39 is 12.0 Å². The number of carbonyl (C=O) groups is 1. The molecule has 0 aromatic carbocycles. The number of nitrogens with one attached hydrogen (secondary N) is 1. The second-order valence-electron chi connectivity index (χ2n) is 4.21. The minimum Gasteiger partial charge on any atom is -0.480 e. The van der Waals surface area contributed by atoms with Crippen LogP contribution in [0.4, 0.5) is 0 Å². The van der Waals surface area contributed by atoms with Gasteiger partial charge in [0, 0.05) is 19.1 Å². The minimum absolute atomic E-state index is 0.393. The summed E-state index contributed by atoms with van der Waals surface area (Å²) in [5.74, 6) is -0.746. The average molecular weight is 216 g/mol. The van der Waals surface area contributed by atoms with Crippen molar-refractivity contribution in [3.63, 3.8) is 0 Å². The van der Waals surface area contributed by atoms with Gasteiger partial charge in [0.15, 0.2) is 0 Å². The monoisotopic (exact) mass is 216 g/mol. The van der Waals surface area contributed by atoms with E-state index in [0.29, 0.717) is 12.5 Å². The molecule has 4 heteroatoms. The number of aliphatic carboxylic acids is 1. The molecule has 1 unspecified atom stereocenters. The molecular formula is C11H24N2O2. The van der Waals surface area contributed by atoms with Crippen LogP contribution >= 0.6 is 0 Å². The molecule has 0 saturated heterocycles. The first-order valence-corrected chi connectivity index (χ1v) is 5.65. The second-order valence-corrected chi connectivity index (χ2v) is 4.21. The van der Waals surface area contributed by atoms with Gasteiger partial charge < -0.3 is 15.3 Å². The van der Waals surface area contributed by atoms with Gasteiger partial charge in [-0.3, -0.25) is 4.79 Å². The summed E-state index contributed by atoms with van der Waals surface area (Å²) in [7, 11) is 2.04. The lowest BCUT2D eigenvalue weighted by Gasteiger charge is -2.22. The highest BCUT2D eigenvalue weighted by Gasteiger charge is 2.15. The lowest BCUT2D eigenvalue weighted by molar-refractivity contribution is -0.139. The largest absolute Gasteiger partial charge is 0.480 e. The van der Waals surface area contributed by atoms with E-state index in [0.717, 1.165) is 19.5 Å². The van der Waals surface area contributed by atoms with Gasteiger partial charge >= 0.3 is 5.97 Å². The van der Waals surface area contributed by atoms with E-state index in [-0.39, 0.29) is 0 Å². The molecule has 0 amide bonds. The number of rotatable bonds is 8. The normalized spacial score (nSPS) is 13.5. The highest BCUT2D eigenvalue weighted by molar-refractivity contribution is 5.73. The van der Waals surface area contributed by atoms with Crippen molar-refractivity contribution in [3.8, 4) is 0 Å². The summed E-state index contributed by atoms with van der Waals surface area (Å²) in [6.07, 6.45) is 1.59. The fraction of sp³-hybridized carbons (Fsp3) is 0.909. The quantitative estimate of drug-likeness (QED) is 0.639. The summed E-state index contributed by atoms with van der Waals surface area (Å²) in [5, 5.41) is 12.0. The lowest BCUT2D eigenvalue weighted by Crippen LogP contribution is -2.41. The van der Waals surface area contributed by atoms with E-state index in [4.69, 9.17) is 5.11 Å². The Morgan fingerprint density at radius 1 is 1.47 bits per heavy atom. The first kappa shape index (κ1) is 14.4. The van der Waals surface area contributed by atoms with Crippen molar-refractivity contribution in [3.05, 3.63) is 0 Å². The molecule has 90 valence electrons. The van der Waals surface area contributed by atoms with Gasteiger partial charge in [0.1, 0.15) is 6.04 Å². The molecule has 1 atom stereocenters. The fourth-order valence-corrected chi connectivity index (χ4v) is 1.27. The lowest BCUT2D eigenvalue weighted by atomic mass is 10.2. The third kappa shape index (κ3) is 6.47. The van der Waals surface area contributed by atoms with Crippen molar-refractivity contribution in [1.82, 2.24) is 10.2 Å². The van der Waals surface area contributed by atoms with Gasteiger partial charge in [0.2, 0.25) is 0 Å². The summed E-state index contributed by atoms with van der Waals surface area (Å²) in [6.45, 7) is 7.86. The SMILES string of the molecule is CCCC(NCCN(C)C(C)C)C(=O)O. The van der Waals surface area contributed by atoms with Crippen LogP contribution in [0.15, 0.2) is 0 Å². The topological polar surface area (TPSA) is 52.6 Å². The highest BCUT2D eigenvalue weighted by atomic mass is 16.4. The maximum atomic E-state index is 10.8. The third-order valence-electron chi connectivity index (χ3n) is 2.61. The van der Waals surface area contributed by atoms with E-state index in [2.05, 4.69) is 24.1 Å². The van der Waals surface area contributed by atoms with Gasteiger partial charge in [-0.25, -0.2) is 0 Å². The first-order chi connectivity index (χ1) is 6.99. The van der Waals surface area contributed by atoms with Gasteiger partial charge in [-0.2, -0.15) is 0 Å². The molecule has 0 aliphatic heterocycles. The van der Waals surface area contributed by atoms with Gasteiger partial charge in [0.25, 0.3) is 0 Å². The summed E-state index contributed by atoms with van der Waals surface area (Å²) in [4.78, 5) is 13.0. The van der Waals surface area contributed by atoms with Crippen LogP contribution < -0.4 is 5.32 Å². The minimum atomic E-state index is -0.746. The van der Waals surface area contributed by atoms with E-state index >= 15 is 0 Å². The highest BCUT2D eigenvalue weighted by Crippen LogP contribution is 1.97. The van der Waals surface area contributed by atoms with Crippen LogP contribution in [-0.2, 0) is 4.79 Å². The molecular weight excluding hydrogens is 192 g/mol. The molecule has 0 aromatic rings. The molecule has 2 N–H and O–H groups in total. The number of hydrogen-bond donors (Lipinski definition) is 2. The zero-order chi connectivity index (χ0) is 11.8. The van der Waals surface area contributed by atoms with E-state index in [1.807, 2.05) is 14.0 Å². The molecule has 0 fully saturated rings. The molecule has 0 aliphatic carbocycles. The molecule has 15 heavy (non-hydrogen) atoms. The van der Waals surface area contributed by atoms with Crippen molar-refractivity contribution in [2.24, 2.45) is 0 Å². The van der Waals surface area contributed by atoms with Crippen molar-refractivity contribution in [2.75, 3.05) is 20.1 Å². The molecule has 0 saturated carbocycles. The Labute approximate surface area is 92.7 Å². The molecule has 0 rings (SSSR count). The first-order valence-electron chi connectivity index (χ1n) is 5.65. The van der Waals surface area contributed by atoms with Crippen molar-refractivity contribution >= 4 is 5.97 Å². The van der Waals surface area contributed by atoms with Crippen LogP contribution in [0.3, 0.4) is 0 Å². The maximum Gasteiger partial charge on any atom is 0.320 e. The second kappa shape index (κ2) is 7.65. The number of carboxylic acid groups (broad SMARTS) is 1. The molecule has 0 radical (unpaired) electrons. The smallest absolute Gasteiger partial charge is 0.320 e. The van der Waals surface area contributed by atoms with Crippen molar-refractivity contribution in [2.45, 2.75) is 45.7 Å². The van der Waals surface area contributed by atoms with E-state index in [9.17, 15) is 4.79 Å². The van der Waals surface area contributed by atoms with Crippen LogP contribution in [0.25, 0.3) is 0 Å². The standard InChI is InChI=1S/C11H24N2O2/c1-5-6-10(11(14)15)12-7-8-13(4)9(2)3/h9-10,12H,5-8H2,1-4H3,(H,14,15). The zero-order valence-corrected chi connectivity index (χ0v) is 10.3. The summed E-state index contributed by atoms with van der Waals surface area (Å²) in [5.41, 5.74) is 0. The van der Waals surface area contributed by atoms with Crippen LogP contribution in [0.1, 0.15) is 33.6 Å². The third-order valence-corrected chi connectivity index (χ3v) is 2.61. The molecule has 0 aromatic heterocycles. The Hall–Kier alpha value is -0.610. The molecule has 0 bridgehead atoms.